The minimum Gasteiger partial charge on any atom is -0.355 e. The normalized spacial score (nSPS) is 9.74. The van der Waals surface area contributed by atoms with Crippen LogP contribution in [-0.4, -0.2) is 17.0 Å². The Labute approximate surface area is 120 Å². The van der Waals surface area contributed by atoms with E-state index in [0.29, 0.717) is 5.82 Å². The van der Waals surface area contributed by atoms with Gasteiger partial charge in [-0.3, -0.25) is 5.32 Å². The van der Waals surface area contributed by atoms with Crippen LogP contribution in [0.4, 0.5) is 11.6 Å². The van der Waals surface area contributed by atoms with Crippen molar-refractivity contribution in [3.05, 3.63) is 46.7 Å². The Morgan fingerprint density at radius 3 is 2.74 bits per heavy atom. The maximum atomic E-state index is 8.57. The molecule has 0 bridgehead atoms. The number of nitrogens with one attached hydrogen (secondary N) is 1. The maximum Gasteiger partial charge on any atom is 0.182 e. The van der Waals surface area contributed by atoms with Crippen molar-refractivity contribution in [1.82, 2.24) is 9.97 Å². The second-order valence-corrected chi connectivity index (χ2v) is 4.90. The standard InChI is InChI=1S/C13H12BrN5/c1-19(7-10-2-4-11(14)5-3-10)13-6-12(16-8-15)17-9-18-13/h2-6,9H,7H2,1H3,(H,16,17,18). The minimum absolute atomic E-state index is 0.496. The predicted octanol–water partition coefficient (Wildman–Crippen LogP) is 2.77. The summed E-state index contributed by atoms with van der Waals surface area (Å²) in [6.07, 6.45) is 3.28. The van der Waals surface area contributed by atoms with Crippen LogP contribution in [0.1, 0.15) is 5.56 Å². The van der Waals surface area contributed by atoms with Gasteiger partial charge in [0.1, 0.15) is 18.0 Å². The molecule has 0 radical (unpaired) electrons. The summed E-state index contributed by atoms with van der Waals surface area (Å²) >= 11 is 3.41. The number of rotatable bonds is 4. The third kappa shape index (κ3) is 3.66. The second-order valence-electron chi connectivity index (χ2n) is 3.98. The second kappa shape index (κ2) is 6.16. The van der Waals surface area contributed by atoms with E-state index in [9.17, 15) is 0 Å². The highest BCUT2D eigenvalue weighted by atomic mass is 79.9. The topological polar surface area (TPSA) is 64.8 Å². The Morgan fingerprint density at radius 2 is 2.05 bits per heavy atom. The third-order valence-corrected chi connectivity index (χ3v) is 3.09. The lowest BCUT2D eigenvalue weighted by molar-refractivity contribution is 0.891. The number of anilines is 2. The van der Waals surface area contributed by atoms with Crippen LogP contribution in [0.15, 0.2) is 41.1 Å². The van der Waals surface area contributed by atoms with E-state index in [1.54, 1.807) is 6.07 Å². The number of nitrogens with zero attached hydrogens (tertiary/aromatic N) is 4. The van der Waals surface area contributed by atoms with Crippen LogP contribution in [0.5, 0.6) is 0 Å². The van der Waals surface area contributed by atoms with Gasteiger partial charge in [-0.05, 0) is 17.7 Å². The fourth-order valence-corrected chi connectivity index (χ4v) is 1.89. The van der Waals surface area contributed by atoms with Gasteiger partial charge in [0.15, 0.2) is 6.19 Å². The van der Waals surface area contributed by atoms with E-state index in [1.807, 2.05) is 30.3 Å². The van der Waals surface area contributed by atoms with Crippen molar-refractivity contribution in [3.8, 4) is 6.19 Å². The van der Waals surface area contributed by atoms with Crippen molar-refractivity contribution in [2.45, 2.75) is 6.54 Å². The van der Waals surface area contributed by atoms with Gasteiger partial charge < -0.3 is 4.90 Å². The smallest absolute Gasteiger partial charge is 0.182 e. The number of aromatic nitrogens is 2. The van der Waals surface area contributed by atoms with E-state index in [2.05, 4.69) is 43.3 Å². The molecule has 6 heteroatoms. The quantitative estimate of drug-likeness (QED) is 0.694. The minimum atomic E-state index is 0.496. The number of benzene rings is 1. The molecule has 0 fully saturated rings. The molecule has 1 heterocycles. The summed E-state index contributed by atoms with van der Waals surface area (Å²) < 4.78 is 1.06. The summed E-state index contributed by atoms with van der Waals surface area (Å²) in [5.41, 5.74) is 1.18. The van der Waals surface area contributed by atoms with Gasteiger partial charge in [-0.15, -0.1) is 0 Å². The highest BCUT2D eigenvalue weighted by molar-refractivity contribution is 9.10. The summed E-state index contributed by atoms with van der Waals surface area (Å²) in [5.74, 6) is 1.26. The van der Waals surface area contributed by atoms with E-state index < -0.39 is 0 Å². The number of hydrogen-bond donors (Lipinski definition) is 1. The van der Waals surface area contributed by atoms with E-state index in [0.717, 1.165) is 16.8 Å². The lowest BCUT2D eigenvalue weighted by atomic mass is 10.2. The molecule has 2 aromatic rings. The Bertz CT molecular complexity index is 591. The highest BCUT2D eigenvalue weighted by Crippen LogP contribution is 2.16. The summed E-state index contributed by atoms with van der Waals surface area (Å²) in [6, 6.07) is 9.85. The van der Waals surface area contributed by atoms with Crippen LogP contribution in [0.3, 0.4) is 0 Å². The van der Waals surface area contributed by atoms with Crippen LogP contribution in [-0.2, 0) is 6.54 Å². The van der Waals surface area contributed by atoms with Crippen LogP contribution in [0.25, 0.3) is 0 Å². The highest BCUT2D eigenvalue weighted by Gasteiger charge is 2.05. The molecule has 96 valence electrons. The molecule has 1 aromatic carbocycles. The Hall–Kier alpha value is -2.13. The molecule has 0 atom stereocenters. The fraction of sp³-hybridized carbons (Fsp3) is 0.154. The molecule has 5 nitrogen and oxygen atoms in total. The zero-order valence-electron chi connectivity index (χ0n) is 10.3. The van der Waals surface area contributed by atoms with E-state index >= 15 is 0 Å². The first-order valence-electron chi connectivity index (χ1n) is 5.62. The molecule has 0 amide bonds. The first kappa shape index (κ1) is 13.3. The summed E-state index contributed by atoms with van der Waals surface area (Å²) in [6.45, 7) is 0.732. The van der Waals surface area contributed by atoms with Crippen molar-refractivity contribution in [2.75, 3.05) is 17.3 Å². The molecular formula is C13H12BrN5. The zero-order chi connectivity index (χ0) is 13.7. The lowest BCUT2D eigenvalue weighted by Gasteiger charge is -2.18. The largest absolute Gasteiger partial charge is 0.355 e. The van der Waals surface area contributed by atoms with Crippen LogP contribution < -0.4 is 10.2 Å². The molecule has 0 saturated heterocycles. The van der Waals surface area contributed by atoms with Crippen molar-refractivity contribution in [2.24, 2.45) is 0 Å². The average Bonchev–Trinajstić information content (AvgIpc) is 2.42. The zero-order valence-corrected chi connectivity index (χ0v) is 11.9. The summed E-state index contributed by atoms with van der Waals surface area (Å²) in [7, 11) is 1.94. The van der Waals surface area contributed by atoms with Crippen LogP contribution in [0, 0.1) is 11.5 Å². The summed E-state index contributed by atoms with van der Waals surface area (Å²) in [5, 5.41) is 11.1. The van der Waals surface area contributed by atoms with Crippen molar-refractivity contribution in [1.29, 1.82) is 5.26 Å². The first-order valence-corrected chi connectivity index (χ1v) is 6.41. The fourth-order valence-electron chi connectivity index (χ4n) is 1.63. The first-order chi connectivity index (χ1) is 9.19. The van der Waals surface area contributed by atoms with E-state index in [-0.39, 0.29) is 0 Å². The molecule has 0 aliphatic rings. The van der Waals surface area contributed by atoms with Gasteiger partial charge in [0.05, 0.1) is 0 Å². The molecule has 19 heavy (non-hydrogen) atoms. The molecule has 1 N–H and O–H groups in total. The van der Waals surface area contributed by atoms with Crippen molar-refractivity contribution in [3.63, 3.8) is 0 Å². The molecule has 0 spiro atoms. The third-order valence-electron chi connectivity index (χ3n) is 2.56. The molecule has 0 saturated carbocycles. The Kier molecular flexibility index (Phi) is 4.31. The molecule has 2 rings (SSSR count). The monoisotopic (exact) mass is 317 g/mol. The van der Waals surface area contributed by atoms with Gasteiger partial charge in [0.25, 0.3) is 0 Å². The molecule has 1 aromatic heterocycles. The maximum absolute atomic E-state index is 8.57. The van der Waals surface area contributed by atoms with Gasteiger partial charge in [-0.2, -0.15) is 5.26 Å². The van der Waals surface area contributed by atoms with E-state index in [1.165, 1.54) is 11.9 Å². The predicted molar refractivity (Wildman–Crippen MR) is 77.5 cm³/mol. The van der Waals surface area contributed by atoms with Gasteiger partial charge in [-0.1, -0.05) is 28.1 Å². The Morgan fingerprint density at radius 1 is 1.32 bits per heavy atom. The molecular weight excluding hydrogens is 306 g/mol. The number of nitriles is 1. The molecule has 0 unspecified atom stereocenters. The van der Waals surface area contributed by atoms with Crippen molar-refractivity contribution < 1.29 is 0 Å². The van der Waals surface area contributed by atoms with E-state index in [4.69, 9.17) is 5.26 Å². The Balaban J connectivity index is 2.11. The van der Waals surface area contributed by atoms with Gasteiger partial charge in [0, 0.05) is 24.1 Å². The number of hydrogen-bond acceptors (Lipinski definition) is 5. The van der Waals surface area contributed by atoms with Crippen LogP contribution >= 0.6 is 15.9 Å². The number of halogens is 1. The molecule has 0 aliphatic heterocycles. The average molecular weight is 318 g/mol. The lowest BCUT2D eigenvalue weighted by Crippen LogP contribution is -2.17. The van der Waals surface area contributed by atoms with Gasteiger partial charge in [-0.25, -0.2) is 9.97 Å². The van der Waals surface area contributed by atoms with Crippen molar-refractivity contribution >= 4 is 27.6 Å². The summed E-state index contributed by atoms with van der Waals surface area (Å²) in [4.78, 5) is 10.1. The van der Waals surface area contributed by atoms with Gasteiger partial charge >= 0.3 is 0 Å². The van der Waals surface area contributed by atoms with Crippen LogP contribution in [0.2, 0.25) is 0 Å². The SMILES string of the molecule is CN(Cc1ccc(Br)cc1)c1cc(NC#N)ncn1. The molecule has 0 aliphatic carbocycles. The van der Waals surface area contributed by atoms with Gasteiger partial charge in [0.2, 0.25) is 0 Å².